The fourth-order valence-corrected chi connectivity index (χ4v) is 6.07. The minimum atomic E-state index is -3.75. The van der Waals surface area contributed by atoms with E-state index in [9.17, 15) is 16.8 Å². The third kappa shape index (κ3) is 3.47. The van der Waals surface area contributed by atoms with Gasteiger partial charge in [-0.1, -0.05) is 12.1 Å². The molecule has 1 aliphatic rings. The maximum absolute atomic E-state index is 12.1. The molecule has 19 heavy (non-hydrogen) atoms. The van der Waals surface area contributed by atoms with E-state index >= 15 is 0 Å². The van der Waals surface area contributed by atoms with E-state index in [1.807, 2.05) is 0 Å². The Kier molecular flexibility index (Phi) is 3.92. The first kappa shape index (κ1) is 14.8. The predicted molar refractivity (Wildman–Crippen MR) is 73.6 cm³/mol. The van der Waals surface area contributed by atoms with Crippen LogP contribution in [-0.2, 0) is 19.9 Å². The second-order valence-electron chi connectivity index (χ2n) is 4.64. The molecular weight excluding hydrogens is 310 g/mol. The van der Waals surface area contributed by atoms with Crippen LogP contribution in [0.5, 0.6) is 0 Å². The van der Waals surface area contributed by atoms with Crippen LogP contribution in [0.15, 0.2) is 29.2 Å². The van der Waals surface area contributed by atoms with E-state index in [4.69, 9.17) is 11.6 Å². The van der Waals surface area contributed by atoms with Crippen LogP contribution >= 0.6 is 11.6 Å². The number of rotatable bonds is 3. The van der Waals surface area contributed by atoms with E-state index in [-0.39, 0.29) is 16.4 Å². The molecule has 2 atom stereocenters. The standard InChI is InChI=1S/C11H14ClNO4S2/c1-8-3-2-4-9(5-8)19(16,17)13-11-7-18(14,15)6-10(11)12/h2-5,10-11,13H,6-7H2,1H3. The number of hydrogen-bond donors (Lipinski definition) is 1. The number of hydrogen-bond acceptors (Lipinski definition) is 4. The molecule has 1 heterocycles. The van der Waals surface area contributed by atoms with E-state index < -0.39 is 31.3 Å². The molecule has 1 N–H and O–H groups in total. The summed E-state index contributed by atoms with van der Waals surface area (Å²) in [6.45, 7) is 1.78. The van der Waals surface area contributed by atoms with Crippen molar-refractivity contribution in [2.45, 2.75) is 23.2 Å². The van der Waals surface area contributed by atoms with Crippen LogP contribution in [-0.4, -0.2) is 39.8 Å². The van der Waals surface area contributed by atoms with Crippen molar-refractivity contribution in [2.75, 3.05) is 11.5 Å². The summed E-state index contributed by atoms with van der Waals surface area (Å²) in [6.07, 6.45) is 0. The summed E-state index contributed by atoms with van der Waals surface area (Å²) in [4.78, 5) is 0.112. The lowest BCUT2D eigenvalue weighted by molar-refractivity contribution is 0.563. The smallest absolute Gasteiger partial charge is 0.229 e. The van der Waals surface area contributed by atoms with Crippen molar-refractivity contribution in [3.05, 3.63) is 29.8 Å². The van der Waals surface area contributed by atoms with Crippen molar-refractivity contribution in [1.82, 2.24) is 4.72 Å². The second-order valence-corrected chi connectivity index (χ2v) is 9.07. The monoisotopic (exact) mass is 323 g/mol. The van der Waals surface area contributed by atoms with Crippen LogP contribution in [0.3, 0.4) is 0 Å². The van der Waals surface area contributed by atoms with Crippen molar-refractivity contribution in [3.8, 4) is 0 Å². The molecule has 2 rings (SSSR count). The molecule has 0 aliphatic carbocycles. The Hall–Kier alpha value is -0.630. The SMILES string of the molecule is Cc1cccc(S(=O)(=O)NC2CS(=O)(=O)CC2Cl)c1. The lowest BCUT2D eigenvalue weighted by atomic mass is 10.2. The van der Waals surface area contributed by atoms with Crippen molar-refractivity contribution >= 4 is 31.5 Å². The minimum absolute atomic E-state index is 0.112. The summed E-state index contributed by atoms with van der Waals surface area (Å²) >= 11 is 5.88. The van der Waals surface area contributed by atoms with Gasteiger partial charge in [-0.25, -0.2) is 21.6 Å². The zero-order valence-corrected chi connectivity index (χ0v) is 12.6. The Morgan fingerprint density at radius 1 is 1.32 bits per heavy atom. The molecule has 0 amide bonds. The van der Waals surface area contributed by atoms with Gasteiger partial charge in [0.1, 0.15) is 0 Å². The fourth-order valence-electron chi connectivity index (χ4n) is 1.96. The summed E-state index contributed by atoms with van der Waals surface area (Å²) in [5.41, 5.74) is 0.810. The van der Waals surface area contributed by atoms with Crippen molar-refractivity contribution < 1.29 is 16.8 Å². The van der Waals surface area contributed by atoms with Gasteiger partial charge in [0.15, 0.2) is 9.84 Å². The van der Waals surface area contributed by atoms with E-state index in [0.29, 0.717) is 0 Å². The van der Waals surface area contributed by atoms with Crippen LogP contribution in [0.4, 0.5) is 0 Å². The molecule has 1 fully saturated rings. The summed E-state index contributed by atoms with van der Waals surface area (Å²) in [7, 11) is -7.01. The maximum Gasteiger partial charge on any atom is 0.240 e. The van der Waals surface area contributed by atoms with Crippen molar-refractivity contribution in [3.63, 3.8) is 0 Å². The summed E-state index contributed by atoms with van der Waals surface area (Å²) in [6, 6.07) is 5.62. The van der Waals surface area contributed by atoms with E-state index in [0.717, 1.165) is 5.56 Å². The molecule has 0 spiro atoms. The maximum atomic E-state index is 12.1. The first-order valence-corrected chi connectivity index (χ1v) is 9.37. The van der Waals surface area contributed by atoms with Gasteiger partial charge in [-0.2, -0.15) is 0 Å². The Balaban J connectivity index is 2.23. The van der Waals surface area contributed by atoms with Crippen LogP contribution in [0.25, 0.3) is 0 Å². The Morgan fingerprint density at radius 2 is 2.00 bits per heavy atom. The zero-order valence-electron chi connectivity index (χ0n) is 10.2. The third-order valence-electron chi connectivity index (χ3n) is 2.89. The second kappa shape index (κ2) is 5.05. The first-order valence-electron chi connectivity index (χ1n) is 5.63. The zero-order chi connectivity index (χ0) is 14.3. The number of alkyl halides is 1. The molecule has 1 saturated heterocycles. The molecule has 0 aromatic heterocycles. The van der Waals surface area contributed by atoms with Crippen LogP contribution in [0, 0.1) is 6.92 Å². The lowest BCUT2D eigenvalue weighted by Gasteiger charge is -2.14. The van der Waals surface area contributed by atoms with Gasteiger partial charge in [0.05, 0.1) is 27.8 Å². The quantitative estimate of drug-likeness (QED) is 0.829. The van der Waals surface area contributed by atoms with Crippen LogP contribution in [0.2, 0.25) is 0 Å². The van der Waals surface area contributed by atoms with Gasteiger partial charge in [-0.05, 0) is 24.6 Å². The largest absolute Gasteiger partial charge is 0.240 e. The molecule has 1 aromatic carbocycles. The highest BCUT2D eigenvalue weighted by molar-refractivity contribution is 7.92. The molecule has 0 bridgehead atoms. The van der Waals surface area contributed by atoms with E-state index in [2.05, 4.69) is 4.72 Å². The van der Waals surface area contributed by atoms with Gasteiger partial charge in [-0.15, -0.1) is 11.6 Å². The Morgan fingerprint density at radius 3 is 2.53 bits per heavy atom. The van der Waals surface area contributed by atoms with E-state index in [1.165, 1.54) is 12.1 Å². The van der Waals surface area contributed by atoms with Gasteiger partial charge in [-0.3, -0.25) is 0 Å². The number of benzene rings is 1. The molecule has 1 aliphatic heterocycles. The number of nitrogens with one attached hydrogen (secondary N) is 1. The third-order valence-corrected chi connectivity index (χ3v) is 6.75. The van der Waals surface area contributed by atoms with Crippen LogP contribution in [0.1, 0.15) is 5.56 Å². The average molecular weight is 324 g/mol. The molecule has 5 nitrogen and oxygen atoms in total. The molecular formula is C11H14ClNO4S2. The van der Waals surface area contributed by atoms with Crippen LogP contribution < -0.4 is 4.72 Å². The van der Waals surface area contributed by atoms with Crippen molar-refractivity contribution in [1.29, 1.82) is 0 Å². The molecule has 2 unspecified atom stereocenters. The number of halogens is 1. The number of aryl methyl sites for hydroxylation is 1. The summed E-state index contributed by atoms with van der Waals surface area (Å²) in [5, 5.41) is -0.732. The average Bonchev–Trinajstić information content (AvgIpc) is 2.51. The van der Waals surface area contributed by atoms with Gasteiger partial charge in [0, 0.05) is 0 Å². The highest BCUT2D eigenvalue weighted by Gasteiger charge is 2.38. The first-order chi connectivity index (χ1) is 8.70. The van der Waals surface area contributed by atoms with E-state index in [1.54, 1.807) is 19.1 Å². The van der Waals surface area contributed by atoms with Gasteiger partial charge < -0.3 is 0 Å². The highest BCUT2D eigenvalue weighted by Crippen LogP contribution is 2.20. The normalized spacial score (nSPS) is 26.4. The molecule has 8 heteroatoms. The topological polar surface area (TPSA) is 80.3 Å². The minimum Gasteiger partial charge on any atom is -0.229 e. The number of sulfone groups is 1. The Bertz CT molecular complexity index is 684. The molecule has 1 aromatic rings. The van der Waals surface area contributed by atoms with Gasteiger partial charge in [0.2, 0.25) is 10.0 Å². The molecule has 106 valence electrons. The highest BCUT2D eigenvalue weighted by atomic mass is 35.5. The van der Waals surface area contributed by atoms with Gasteiger partial charge >= 0.3 is 0 Å². The Labute approximate surface area is 117 Å². The predicted octanol–water partition coefficient (Wildman–Crippen LogP) is 0.678. The molecule has 0 saturated carbocycles. The fraction of sp³-hybridized carbons (Fsp3) is 0.455. The van der Waals surface area contributed by atoms with Crippen molar-refractivity contribution in [2.24, 2.45) is 0 Å². The lowest BCUT2D eigenvalue weighted by Crippen LogP contribution is -2.40. The van der Waals surface area contributed by atoms with Gasteiger partial charge in [0.25, 0.3) is 0 Å². The number of sulfonamides is 1. The molecule has 0 radical (unpaired) electrons. The summed E-state index contributed by atoms with van der Waals surface area (Å²) in [5.74, 6) is -0.457. The summed E-state index contributed by atoms with van der Waals surface area (Å²) < 4.78 is 49.4.